The molecule has 0 radical (unpaired) electrons. The molecule has 2 unspecified atom stereocenters. The van der Waals surface area contributed by atoms with Gasteiger partial charge in [0.15, 0.2) is 5.65 Å². The highest BCUT2D eigenvalue weighted by atomic mass is 19.3. The molecule has 6 rings (SSSR count). The molecule has 47 heavy (non-hydrogen) atoms. The number of piperazine rings is 1. The van der Waals surface area contributed by atoms with Crippen LogP contribution in [0.5, 0.6) is 0 Å². The number of fused-ring (bicyclic) bond motifs is 5. The van der Waals surface area contributed by atoms with Crippen molar-refractivity contribution >= 4 is 40.2 Å². The molecular weight excluding hydrogens is 616 g/mol. The predicted octanol–water partition coefficient (Wildman–Crippen LogP) is 5.91. The summed E-state index contributed by atoms with van der Waals surface area (Å²) in [6.45, 7) is 10.7. The van der Waals surface area contributed by atoms with Crippen LogP contribution in [0.4, 0.5) is 23.4 Å². The molecule has 1 fully saturated rings. The molecule has 13 heteroatoms. The highest BCUT2D eigenvalue weighted by molar-refractivity contribution is 5.92. The summed E-state index contributed by atoms with van der Waals surface area (Å²) in [6.07, 6.45) is 4.03. The predicted molar refractivity (Wildman–Crippen MR) is 172 cm³/mol. The molecule has 0 spiro atoms. The second-order valence-corrected chi connectivity index (χ2v) is 13.1. The van der Waals surface area contributed by atoms with Crippen molar-refractivity contribution in [1.29, 1.82) is 0 Å². The number of alkyl halides is 2. The highest BCUT2D eigenvalue weighted by Crippen LogP contribution is 2.41. The average Bonchev–Trinajstić information content (AvgIpc) is 3.03. The fourth-order valence-electron chi connectivity index (χ4n) is 6.99. The lowest BCUT2D eigenvalue weighted by atomic mass is 9.88. The van der Waals surface area contributed by atoms with E-state index < -0.39 is 54.0 Å². The molecule has 2 bridgehead atoms. The van der Waals surface area contributed by atoms with Crippen molar-refractivity contribution in [3.63, 3.8) is 0 Å². The molecule has 0 N–H and O–H groups in total. The molecule has 3 aliphatic heterocycles. The number of rotatable bonds is 3. The van der Waals surface area contributed by atoms with Gasteiger partial charge in [-0.25, -0.2) is 31.9 Å². The normalized spacial score (nSPS) is 26.2. The average molecular weight is 655 g/mol. The van der Waals surface area contributed by atoms with E-state index in [0.29, 0.717) is 17.9 Å². The minimum Gasteiger partial charge on any atom is -0.367 e. The third kappa shape index (κ3) is 5.94. The molecule has 9 nitrogen and oxygen atoms in total. The Morgan fingerprint density at radius 2 is 1.91 bits per heavy atom. The van der Waals surface area contributed by atoms with Crippen LogP contribution in [-0.2, 0) is 9.53 Å². The van der Waals surface area contributed by atoms with E-state index in [0.717, 1.165) is 6.08 Å². The summed E-state index contributed by atoms with van der Waals surface area (Å²) in [5, 5.41) is 0.183. The summed E-state index contributed by atoms with van der Waals surface area (Å²) in [5.41, 5.74) is -0.587. The summed E-state index contributed by atoms with van der Waals surface area (Å²) < 4.78 is 69.3. The maximum absolute atomic E-state index is 16.3. The third-order valence-corrected chi connectivity index (χ3v) is 9.38. The first-order valence-corrected chi connectivity index (χ1v) is 16.0. The number of pyridine rings is 1. The van der Waals surface area contributed by atoms with Gasteiger partial charge < -0.3 is 14.5 Å². The Hall–Kier alpha value is -4.13. The van der Waals surface area contributed by atoms with E-state index in [-0.39, 0.29) is 72.1 Å². The van der Waals surface area contributed by atoms with Crippen molar-refractivity contribution in [2.75, 3.05) is 24.6 Å². The minimum atomic E-state index is -3.27. The Labute approximate surface area is 270 Å². The second kappa shape index (κ2) is 12.5. The van der Waals surface area contributed by atoms with E-state index in [1.54, 1.807) is 11.1 Å². The number of aliphatic imine (C=N–C) groups is 1. The van der Waals surface area contributed by atoms with Crippen LogP contribution in [0.25, 0.3) is 22.3 Å². The van der Waals surface area contributed by atoms with Crippen molar-refractivity contribution in [3.8, 4) is 0 Å². The molecule has 2 aromatic heterocycles. The zero-order valence-electron chi connectivity index (χ0n) is 26.9. The smallest absolute Gasteiger partial charge is 0.355 e. The summed E-state index contributed by atoms with van der Waals surface area (Å²) in [4.78, 5) is 44.0. The van der Waals surface area contributed by atoms with E-state index in [1.165, 1.54) is 22.8 Å². The topological polar surface area (TPSA) is 92.9 Å². The zero-order chi connectivity index (χ0) is 33.8. The van der Waals surface area contributed by atoms with E-state index >= 15 is 17.6 Å². The van der Waals surface area contributed by atoms with Gasteiger partial charge in [-0.3, -0.25) is 9.79 Å². The largest absolute Gasteiger partial charge is 0.367 e. The van der Waals surface area contributed by atoms with E-state index in [1.807, 2.05) is 32.6 Å². The van der Waals surface area contributed by atoms with Crippen molar-refractivity contribution in [2.45, 2.75) is 77.5 Å². The summed E-state index contributed by atoms with van der Waals surface area (Å²) in [7, 11) is 0. The van der Waals surface area contributed by atoms with Crippen LogP contribution in [0.2, 0.25) is 0 Å². The Morgan fingerprint density at radius 3 is 2.64 bits per heavy atom. The lowest BCUT2D eigenvalue weighted by Crippen LogP contribution is -2.58. The highest BCUT2D eigenvalue weighted by Gasteiger charge is 2.39. The third-order valence-electron chi connectivity index (χ3n) is 9.38. The number of allylic oxidation sites excluding steroid dienone is 4. The lowest BCUT2D eigenvalue weighted by Gasteiger charge is -2.44. The van der Waals surface area contributed by atoms with Crippen molar-refractivity contribution in [3.05, 3.63) is 64.4 Å². The summed E-state index contributed by atoms with van der Waals surface area (Å²) in [6, 6.07) is 0.545. The minimum absolute atomic E-state index is 0.00681. The number of nitrogens with zero attached hydrogens (tertiary/aromatic N) is 6. The van der Waals surface area contributed by atoms with Gasteiger partial charge in [-0.05, 0) is 57.2 Å². The number of ether oxygens (including phenoxy) is 1. The Bertz CT molecular complexity index is 1810. The maximum atomic E-state index is 16.3. The molecule has 1 amide bonds. The lowest BCUT2D eigenvalue weighted by molar-refractivity contribution is -0.128. The van der Waals surface area contributed by atoms with E-state index in [9.17, 15) is 9.59 Å². The quantitative estimate of drug-likeness (QED) is 0.302. The standard InChI is InChI=1S/C34H38F4N6O3/c1-6-26(45)42-15-20(5)43(16-19(42)4)31-22-14-24(36)29-27-23(35)8-7-9-25(27)47-17-34(37,38)12-10-21-11-13-39-28(18(2)3)30(21)44(32(22)40-29)33(46)41-31/h6-8,13-14,18-21,25H,1,9-12,15-17H2,2-5H3/t19-,20+,21?,25?/m1/s1. The van der Waals surface area contributed by atoms with Gasteiger partial charge in [0.05, 0.1) is 22.9 Å². The molecule has 4 aliphatic rings. The monoisotopic (exact) mass is 654 g/mol. The molecule has 5 heterocycles. The first-order valence-electron chi connectivity index (χ1n) is 16.0. The number of anilines is 1. The molecule has 250 valence electrons. The molecular formula is C34H38F4N6O3. The zero-order valence-corrected chi connectivity index (χ0v) is 26.9. The first kappa shape index (κ1) is 32.8. The van der Waals surface area contributed by atoms with Gasteiger partial charge in [-0.1, -0.05) is 26.5 Å². The van der Waals surface area contributed by atoms with Crippen LogP contribution in [0.15, 0.2) is 52.2 Å². The molecule has 0 aromatic carbocycles. The Balaban J connectivity index is 1.66. The van der Waals surface area contributed by atoms with Gasteiger partial charge in [-0.2, -0.15) is 4.98 Å². The van der Waals surface area contributed by atoms with Crippen molar-refractivity contribution < 1.29 is 27.1 Å². The summed E-state index contributed by atoms with van der Waals surface area (Å²) in [5.74, 6) is -5.90. The number of aromatic nitrogens is 3. The second-order valence-electron chi connectivity index (χ2n) is 13.1. The number of amides is 1. The number of hydrogen-bond donors (Lipinski definition) is 0. The van der Waals surface area contributed by atoms with E-state index in [4.69, 9.17) is 4.74 Å². The number of halogens is 4. The van der Waals surface area contributed by atoms with Gasteiger partial charge in [-0.15, -0.1) is 0 Å². The number of carbonyl (C=O) groups excluding carboxylic acids is 1. The van der Waals surface area contributed by atoms with Gasteiger partial charge in [0, 0.05) is 49.3 Å². The number of hydrogen-bond acceptors (Lipinski definition) is 7. The molecule has 4 atom stereocenters. The van der Waals surface area contributed by atoms with Crippen LogP contribution in [0.1, 0.15) is 59.1 Å². The van der Waals surface area contributed by atoms with Gasteiger partial charge in [0.2, 0.25) is 5.91 Å². The fraction of sp³-hybridized carbons (Fsp3) is 0.500. The van der Waals surface area contributed by atoms with Crippen molar-refractivity contribution in [2.24, 2.45) is 16.8 Å². The van der Waals surface area contributed by atoms with E-state index in [2.05, 4.69) is 21.5 Å². The van der Waals surface area contributed by atoms with Gasteiger partial charge >= 0.3 is 5.69 Å². The first-order chi connectivity index (χ1) is 22.3. The van der Waals surface area contributed by atoms with Gasteiger partial charge in [0.1, 0.15) is 29.8 Å². The van der Waals surface area contributed by atoms with Crippen LogP contribution < -0.4 is 10.6 Å². The van der Waals surface area contributed by atoms with Crippen LogP contribution >= 0.6 is 0 Å². The van der Waals surface area contributed by atoms with Crippen LogP contribution in [-0.4, -0.2) is 75.4 Å². The van der Waals surface area contributed by atoms with Crippen LogP contribution in [0, 0.1) is 17.7 Å². The molecule has 2 aromatic rings. The van der Waals surface area contributed by atoms with Gasteiger partial charge in [0.25, 0.3) is 5.92 Å². The maximum Gasteiger partial charge on any atom is 0.355 e. The number of carbonyl (C=O) groups is 1. The Morgan fingerprint density at radius 1 is 1.15 bits per heavy atom. The van der Waals surface area contributed by atoms with Crippen molar-refractivity contribution in [1.82, 2.24) is 19.4 Å². The molecule has 1 saturated heterocycles. The molecule has 1 aliphatic carbocycles. The molecule has 0 saturated carbocycles. The Kier molecular flexibility index (Phi) is 8.71. The fourth-order valence-corrected chi connectivity index (χ4v) is 6.99. The SMILES string of the molecule is C=CC(=O)N1C[C@H](C)N(c2nc(=O)n3c4nc(c(F)cc24)C2=C(F)C=CCC2OCC(F)(F)CCC2CC=NC(C(C)C)=C23)C[C@H]1C. The summed E-state index contributed by atoms with van der Waals surface area (Å²) >= 11 is 0. The van der Waals surface area contributed by atoms with Crippen LogP contribution in [0.3, 0.4) is 0 Å².